The van der Waals surface area contributed by atoms with Gasteiger partial charge in [-0.15, -0.1) is 0 Å². The molecule has 0 heterocycles. The standard InChI is InChI=1S/C19H21ClN2O3/c1-2-3-12-25-17-7-5-4-6-16(17)19(24)22-21-18(23)13-14-8-10-15(20)11-9-14/h4-11H,2-3,12-13H2,1H3,(H,21,23)(H,22,24). The second kappa shape index (κ2) is 9.69. The first-order valence-corrected chi connectivity index (χ1v) is 8.53. The van der Waals surface area contributed by atoms with Gasteiger partial charge in [-0.05, 0) is 36.2 Å². The topological polar surface area (TPSA) is 67.4 Å². The lowest BCUT2D eigenvalue weighted by molar-refractivity contribution is -0.121. The molecule has 0 aliphatic carbocycles. The third-order valence-corrected chi connectivity index (χ3v) is 3.73. The van der Waals surface area contributed by atoms with Crippen molar-refractivity contribution in [3.05, 3.63) is 64.7 Å². The van der Waals surface area contributed by atoms with Crippen molar-refractivity contribution in [2.24, 2.45) is 0 Å². The highest BCUT2D eigenvalue weighted by atomic mass is 35.5. The predicted octanol–water partition coefficient (Wildman–Crippen LogP) is 3.52. The Morgan fingerprint density at radius 1 is 1.04 bits per heavy atom. The van der Waals surface area contributed by atoms with Crippen LogP contribution in [0.25, 0.3) is 0 Å². The molecule has 2 rings (SSSR count). The molecule has 2 amide bonds. The van der Waals surface area contributed by atoms with Gasteiger partial charge in [-0.25, -0.2) is 0 Å². The number of carbonyl (C=O) groups is 2. The number of ether oxygens (including phenoxy) is 1. The summed E-state index contributed by atoms with van der Waals surface area (Å²) in [6.45, 7) is 2.61. The highest BCUT2D eigenvalue weighted by Crippen LogP contribution is 2.18. The fourth-order valence-electron chi connectivity index (χ4n) is 2.13. The first-order chi connectivity index (χ1) is 12.1. The number of hydrazine groups is 1. The first-order valence-electron chi connectivity index (χ1n) is 8.15. The maximum atomic E-state index is 12.3. The van der Waals surface area contributed by atoms with E-state index in [1.54, 1.807) is 48.5 Å². The van der Waals surface area contributed by atoms with Gasteiger partial charge < -0.3 is 4.74 Å². The van der Waals surface area contributed by atoms with E-state index >= 15 is 0 Å². The van der Waals surface area contributed by atoms with E-state index in [1.165, 1.54) is 0 Å². The number of amides is 2. The smallest absolute Gasteiger partial charge is 0.273 e. The van der Waals surface area contributed by atoms with Crippen LogP contribution in [-0.4, -0.2) is 18.4 Å². The quantitative estimate of drug-likeness (QED) is 0.586. The molecular weight excluding hydrogens is 340 g/mol. The zero-order chi connectivity index (χ0) is 18.1. The Balaban J connectivity index is 1.89. The maximum Gasteiger partial charge on any atom is 0.273 e. The summed E-state index contributed by atoms with van der Waals surface area (Å²) in [6, 6.07) is 13.9. The molecule has 5 nitrogen and oxygen atoms in total. The summed E-state index contributed by atoms with van der Waals surface area (Å²) in [6.07, 6.45) is 2.06. The van der Waals surface area contributed by atoms with Crippen LogP contribution >= 0.6 is 11.6 Å². The molecule has 0 spiro atoms. The van der Waals surface area contributed by atoms with Crippen molar-refractivity contribution < 1.29 is 14.3 Å². The van der Waals surface area contributed by atoms with Gasteiger partial charge in [0, 0.05) is 5.02 Å². The number of carbonyl (C=O) groups excluding carboxylic acids is 2. The van der Waals surface area contributed by atoms with Crippen LogP contribution in [0.1, 0.15) is 35.7 Å². The van der Waals surface area contributed by atoms with E-state index in [1.807, 2.05) is 0 Å². The van der Waals surface area contributed by atoms with Gasteiger partial charge in [0.2, 0.25) is 5.91 Å². The van der Waals surface area contributed by atoms with E-state index in [0.717, 1.165) is 18.4 Å². The zero-order valence-electron chi connectivity index (χ0n) is 14.0. The molecule has 2 aromatic rings. The second-order valence-electron chi connectivity index (χ2n) is 5.50. The molecule has 0 radical (unpaired) electrons. The van der Waals surface area contributed by atoms with E-state index in [-0.39, 0.29) is 12.3 Å². The molecule has 0 saturated heterocycles. The molecule has 6 heteroatoms. The van der Waals surface area contributed by atoms with Gasteiger partial charge in [-0.1, -0.05) is 49.2 Å². The molecule has 0 atom stereocenters. The highest BCUT2D eigenvalue weighted by molar-refractivity contribution is 6.30. The van der Waals surface area contributed by atoms with Gasteiger partial charge in [0.1, 0.15) is 5.75 Å². The number of para-hydroxylation sites is 1. The van der Waals surface area contributed by atoms with E-state index in [4.69, 9.17) is 16.3 Å². The molecule has 25 heavy (non-hydrogen) atoms. The van der Waals surface area contributed by atoms with Crippen LogP contribution in [0.2, 0.25) is 5.02 Å². The van der Waals surface area contributed by atoms with E-state index in [9.17, 15) is 9.59 Å². The van der Waals surface area contributed by atoms with Gasteiger partial charge in [-0.2, -0.15) is 0 Å². The van der Waals surface area contributed by atoms with E-state index in [0.29, 0.717) is 22.9 Å². The predicted molar refractivity (Wildman–Crippen MR) is 97.6 cm³/mol. The van der Waals surface area contributed by atoms with E-state index < -0.39 is 5.91 Å². The molecule has 0 aromatic heterocycles. The molecule has 0 bridgehead atoms. The number of hydrogen-bond acceptors (Lipinski definition) is 3. The molecule has 0 fully saturated rings. The average molecular weight is 361 g/mol. The first kappa shape index (κ1) is 18.8. The van der Waals surface area contributed by atoms with Gasteiger partial charge in [0.15, 0.2) is 0 Å². The lowest BCUT2D eigenvalue weighted by Crippen LogP contribution is -2.42. The van der Waals surface area contributed by atoms with Crippen molar-refractivity contribution in [2.45, 2.75) is 26.2 Å². The van der Waals surface area contributed by atoms with Gasteiger partial charge in [-0.3, -0.25) is 20.4 Å². The van der Waals surface area contributed by atoms with Crippen LogP contribution in [0.15, 0.2) is 48.5 Å². The summed E-state index contributed by atoms with van der Waals surface area (Å²) in [4.78, 5) is 24.2. The third-order valence-electron chi connectivity index (χ3n) is 3.48. The summed E-state index contributed by atoms with van der Waals surface area (Å²) >= 11 is 5.81. The summed E-state index contributed by atoms with van der Waals surface area (Å²) < 4.78 is 5.63. The Labute approximate surface area is 152 Å². The second-order valence-corrected chi connectivity index (χ2v) is 5.94. The van der Waals surface area contributed by atoms with Crippen LogP contribution in [0.4, 0.5) is 0 Å². The van der Waals surface area contributed by atoms with Crippen LogP contribution in [-0.2, 0) is 11.2 Å². The Hall–Kier alpha value is -2.53. The molecule has 0 aliphatic rings. The van der Waals surface area contributed by atoms with Crippen molar-refractivity contribution in [2.75, 3.05) is 6.61 Å². The SMILES string of the molecule is CCCCOc1ccccc1C(=O)NNC(=O)Cc1ccc(Cl)cc1. The minimum absolute atomic E-state index is 0.145. The average Bonchev–Trinajstić information content (AvgIpc) is 2.62. The van der Waals surface area contributed by atoms with Crippen molar-refractivity contribution in [3.63, 3.8) is 0 Å². The Kier molecular flexibility index (Phi) is 7.29. The zero-order valence-corrected chi connectivity index (χ0v) is 14.8. The summed E-state index contributed by atoms with van der Waals surface area (Å²) in [5.74, 6) is -0.239. The van der Waals surface area contributed by atoms with Crippen LogP contribution in [0, 0.1) is 0 Å². The lowest BCUT2D eigenvalue weighted by Gasteiger charge is -2.12. The fraction of sp³-hybridized carbons (Fsp3) is 0.263. The summed E-state index contributed by atoms with van der Waals surface area (Å²) in [7, 11) is 0. The number of hydrogen-bond donors (Lipinski definition) is 2. The summed E-state index contributed by atoms with van der Waals surface area (Å²) in [5.41, 5.74) is 6.01. The minimum Gasteiger partial charge on any atom is -0.493 e. The lowest BCUT2D eigenvalue weighted by atomic mass is 10.1. The number of nitrogens with one attached hydrogen (secondary N) is 2. The van der Waals surface area contributed by atoms with Crippen LogP contribution in [0.3, 0.4) is 0 Å². The van der Waals surface area contributed by atoms with Gasteiger partial charge in [0.25, 0.3) is 5.91 Å². The van der Waals surface area contributed by atoms with Crippen molar-refractivity contribution in [1.82, 2.24) is 10.9 Å². The molecule has 132 valence electrons. The Bertz CT molecular complexity index is 717. The normalized spacial score (nSPS) is 10.2. The molecule has 2 N–H and O–H groups in total. The minimum atomic E-state index is -0.420. The van der Waals surface area contributed by atoms with Crippen LogP contribution in [0.5, 0.6) is 5.75 Å². The number of halogens is 1. The van der Waals surface area contributed by atoms with Gasteiger partial charge in [0.05, 0.1) is 18.6 Å². The number of rotatable bonds is 7. The Morgan fingerprint density at radius 3 is 2.48 bits per heavy atom. The number of benzene rings is 2. The molecule has 0 unspecified atom stereocenters. The third kappa shape index (κ3) is 6.12. The molecule has 0 aliphatic heterocycles. The van der Waals surface area contributed by atoms with Crippen molar-refractivity contribution in [3.8, 4) is 5.75 Å². The van der Waals surface area contributed by atoms with Crippen molar-refractivity contribution in [1.29, 1.82) is 0 Å². The van der Waals surface area contributed by atoms with Crippen molar-refractivity contribution >= 4 is 23.4 Å². The van der Waals surface area contributed by atoms with Crippen LogP contribution < -0.4 is 15.6 Å². The molecular formula is C19H21ClN2O3. The fourth-order valence-corrected chi connectivity index (χ4v) is 2.26. The van der Waals surface area contributed by atoms with Gasteiger partial charge >= 0.3 is 0 Å². The largest absolute Gasteiger partial charge is 0.493 e. The van der Waals surface area contributed by atoms with E-state index in [2.05, 4.69) is 17.8 Å². The Morgan fingerprint density at radius 2 is 1.76 bits per heavy atom. The monoisotopic (exact) mass is 360 g/mol. The summed E-state index contributed by atoms with van der Waals surface area (Å²) in [5, 5.41) is 0.608. The highest BCUT2D eigenvalue weighted by Gasteiger charge is 2.13. The maximum absolute atomic E-state index is 12.3. The number of unbranched alkanes of at least 4 members (excludes halogenated alkanes) is 1. The molecule has 2 aromatic carbocycles. The molecule has 0 saturated carbocycles.